The summed E-state index contributed by atoms with van der Waals surface area (Å²) in [5.74, 6) is -0.0579. The van der Waals surface area contributed by atoms with Gasteiger partial charge in [0, 0.05) is 17.6 Å². The molecule has 0 fully saturated rings. The molecule has 0 aliphatic heterocycles. The van der Waals surface area contributed by atoms with Gasteiger partial charge in [-0.05, 0) is 43.2 Å². The second-order valence-electron chi connectivity index (χ2n) is 6.81. The van der Waals surface area contributed by atoms with Crippen molar-refractivity contribution in [2.24, 2.45) is 0 Å². The number of hydrogen-bond acceptors (Lipinski definition) is 3. The van der Waals surface area contributed by atoms with Gasteiger partial charge in [0.2, 0.25) is 10.0 Å². The first-order valence-corrected chi connectivity index (χ1v) is 11.0. The maximum absolute atomic E-state index is 12.8. The molecule has 0 radical (unpaired) electrons. The van der Waals surface area contributed by atoms with E-state index < -0.39 is 22.6 Å². The largest absolute Gasteiger partial charge is 0.393 e. The van der Waals surface area contributed by atoms with E-state index >= 15 is 0 Å². The van der Waals surface area contributed by atoms with Crippen molar-refractivity contribution in [3.8, 4) is 17.3 Å². The van der Waals surface area contributed by atoms with Crippen LogP contribution in [0, 0.1) is 11.3 Å². The van der Waals surface area contributed by atoms with Gasteiger partial charge in [0.25, 0.3) is 0 Å². The summed E-state index contributed by atoms with van der Waals surface area (Å²) in [7, 11) is -3.42. The number of rotatable bonds is 6. The maximum Gasteiger partial charge on any atom is 0.393 e. The number of benzene rings is 2. The smallest absolute Gasteiger partial charge is 0.340 e. The Morgan fingerprint density at radius 1 is 1.10 bits per heavy atom. The van der Waals surface area contributed by atoms with Crippen molar-refractivity contribution < 1.29 is 21.6 Å². The van der Waals surface area contributed by atoms with Gasteiger partial charge in [0.05, 0.1) is 28.9 Å². The third kappa shape index (κ3) is 4.44. The standard InChI is InChI=1S/C21H20F3N3O2S/c1-3-27-19-11-14(12-21(22,23)24)5-10-17(19)18(13-25)20(27)15-6-8-16(9-7-15)26-30(28,29)4-2/h5-11,26H,3-4,12H2,1-2H3. The van der Waals surface area contributed by atoms with Crippen LogP contribution in [0.4, 0.5) is 18.9 Å². The fourth-order valence-electron chi connectivity index (χ4n) is 3.43. The number of sulfonamides is 1. The zero-order valence-corrected chi connectivity index (χ0v) is 17.2. The molecule has 0 aliphatic carbocycles. The van der Waals surface area contributed by atoms with Crippen molar-refractivity contribution in [2.45, 2.75) is 33.0 Å². The highest BCUT2D eigenvalue weighted by atomic mass is 32.2. The molecule has 1 aromatic heterocycles. The minimum Gasteiger partial charge on any atom is -0.340 e. The van der Waals surface area contributed by atoms with Gasteiger partial charge in [-0.1, -0.05) is 24.3 Å². The first kappa shape index (κ1) is 21.7. The van der Waals surface area contributed by atoms with Gasteiger partial charge >= 0.3 is 6.18 Å². The van der Waals surface area contributed by atoms with Gasteiger partial charge in [-0.25, -0.2) is 8.42 Å². The summed E-state index contributed by atoms with van der Waals surface area (Å²) in [5, 5.41) is 10.3. The van der Waals surface area contributed by atoms with Crippen LogP contribution >= 0.6 is 0 Å². The van der Waals surface area contributed by atoms with Crippen LogP contribution in [-0.2, 0) is 23.0 Å². The molecule has 0 aliphatic rings. The molecule has 30 heavy (non-hydrogen) atoms. The first-order valence-electron chi connectivity index (χ1n) is 9.31. The maximum atomic E-state index is 12.8. The van der Waals surface area contributed by atoms with E-state index in [0.717, 1.165) is 0 Å². The Hall–Kier alpha value is -2.99. The van der Waals surface area contributed by atoms with Crippen molar-refractivity contribution in [3.63, 3.8) is 0 Å². The van der Waals surface area contributed by atoms with E-state index in [4.69, 9.17) is 0 Å². The average Bonchev–Trinajstić information content (AvgIpc) is 2.99. The van der Waals surface area contributed by atoms with E-state index in [1.165, 1.54) is 19.1 Å². The summed E-state index contributed by atoms with van der Waals surface area (Å²) in [5.41, 5.74) is 2.70. The van der Waals surface area contributed by atoms with E-state index in [1.54, 1.807) is 34.9 Å². The summed E-state index contributed by atoms with van der Waals surface area (Å²) in [6.45, 7) is 3.83. The summed E-state index contributed by atoms with van der Waals surface area (Å²) in [6, 6.07) is 13.1. The van der Waals surface area contributed by atoms with E-state index in [2.05, 4.69) is 10.8 Å². The van der Waals surface area contributed by atoms with Gasteiger partial charge in [-0.15, -0.1) is 0 Å². The zero-order valence-electron chi connectivity index (χ0n) is 16.4. The van der Waals surface area contributed by atoms with Crippen molar-refractivity contribution >= 4 is 26.6 Å². The van der Waals surface area contributed by atoms with Crippen molar-refractivity contribution in [1.82, 2.24) is 4.57 Å². The van der Waals surface area contributed by atoms with E-state index in [9.17, 15) is 26.9 Å². The third-order valence-electron chi connectivity index (χ3n) is 4.77. The molecule has 0 spiro atoms. The van der Waals surface area contributed by atoms with E-state index in [-0.39, 0.29) is 11.3 Å². The third-order valence-corrected chi connectivity index (χ3v) is 6.08. The number of fused-ring (bicyclic) bond motifs is 1. The molecule has 0 atom stereocenters. The molecule has 0 saturated heterocycles. The first-order chi connectivity index (χ1) is 14.1. The average molecular weight is 435 g/mol. The molecule has 0 saturated carbocycles. The predicted molar refractivity (Wildman–Crippen MR) is 111 cm³/mol. The van der Waals surface area contributed by atoms with Crippen molar-refractivity contribution in [3.05, 3.63) is 53.6 Å². The van der Waals surface area contributed by atoms with Crippen LogP contribution in [-0.4, -0.2) is 24.9 Å². The number of anilines is 1. The second kappa shape index (κ2) is 8.03. The Bertz CT molecular complexity index is 1220. The topological polar surface area (TPSA) is 74.9 Å². The van der Waals surface area contributed by atoms with Gasteiger partial charge in [-0.2, -0.15) is 18.4 Å². The van der Waals surface area contributed by atoms with Gasteiger partial charge in [0.1, 0.15) is 6.07 Å². The fraction of sp³-hybridized carbons (Fsp3) is 0.286. The highest BCUT2D eigenvalue weighted by molar-refractivity contribution is 7.92. The SMILES string of the molecule is CCn1c(-c2ccc(NS(=O)(=O)CC)cc2)c(C#N)c2ccc(CC(F)(F)F)cc21. The summed E-state index contributed by atoms with van der Waals surface area (Å²) < 4.78 is 66.2. The molecule has 0 amide bonds. The monoisotopic (exact) mass is 435 g/mol. The molecule has 9 heteroatoms. The number of aryl methyl sites for hydroxylation is 1. The number of nitrogens with zero attached hydrogens (tertiary/aromatic N) is 2. The molecule has 0 unspecified atom stereocenters. The lowest BCUT2D eigenvalue weighted by molar-refractivity contribution is -0.127. The Morgan fingerprint density at radius 2 is 1.77 bits per heavy atom. The Kier molecular flexibility index (Phi) is 5.81. The molecule has 3 rings (SSSR count). The van der Waals surface area contributed by atoms with Crippen molar-refractivity contribution in [1.29, 1.82) is 5.26 Å². The highest BCUT2D eigenvalue weighted by Crippen LogP contribution is 2.35. The summed E-state index contributed by atoms with van der Waals surface area (Å²) in [4.78, 5) is 0. The van der Waals surface area contributed by atoms with Gasteiger partial charge < -0.3 is 4.57 Å². The molecular formula is C21H20F3N3O2S. The number of nitrogens with one attached hydrogen (secondary N) is 1. The Labute approximate surface area is 172 Å². The summed E-state index contributed by atoms with van der Waals surface area (Å²) in [6.07, 6.45) is -5.36. The predicted octanol–water partition coefficient (Wildman–Crippen LogP) is 5.07. The lowest BCUT2D eigenvalue weighted by Crippen LogP contribution is -2.14. The number of alkyl halides is 3. The molecule has 5 nitrogen and oxygen atoms in total. The van der Waals surface area contributed by atoms with Gasteiger partial charge in [-0.3, -0.25) is 4.72 Å². The number of halogens is 3. The minimum atomic E-state index is -4.32. The Balaban J connectivity index is 2.12. The number of nitriles is 1. The lowest BCUT2D eigenvalue weighted by Gasteiger charge is -2.11. The zero-order chi connectivity index (χ0) is 22.1. The molecule has 0 bridgehead atoms. The van der Waals surface area contributed by atoms with Crippen LogP contribution < -0.4 is 4.72 Å². The molecule has 158 valence electrons. The Morgan fingerprint density at radius 3 is 2.30 bits per heavy atom. The van der Waals surface area contributed by atoms with Crippen LogP contribution in [0.3, 0.4) is 0 Å². The van der Waals surface area contributed by atoms with Crippen LogP contribution in [0.5, 0.6) is 0 Å². The minimum absolute atomic E-state index is 0.0579. The van der Waals surface area contributed by atoms with E-state index in [1.807, 2.05) is 6.92 Å². The lowest BCUT2D eigenvalue weighted by atomic mass is 10.0. The molecule has 1 heterocycles. The fourth-order valence-corrected chi connectivity index (χ4v) is 4.07. The number of aromatic nitrogens is 1. The molecule has 1 N–H and O–H groups in total. The van der Waals surface area contributed by atoms with Crippen LogP contribution in [0.25, 0.3) is 22.2 Å². The molecule has 3 aromatic rings. The van der Waals surface area contributed by atoms with Crippen LogP contribution in [0.1, 0.15) is 25.0 Å². The van der Waals surface area contributed by atoms with Crippen molar-refractivity contribution in [2.75, 3.05) is 10.5 Å². The van der Waals surface area contributed by atoms with Crippen LogP contribution in [0.15, 0.2) is 42.5 Å². The highest BCUT2D eigenvalue weighted by Gasteiger charge is 2.28. The quantitative estimate of drug-likeness (QED) is 0.588. The molecule has 2 aromatic carbocycles. The summed E-state index contributed by atoms with van der Waals surface area (Å²) >= 11 is 0. The molecular weight excluding hydrogens is 415 g/mol. The van der Waals surface area contributed by atoms with Crippen LogP contribution in [0.2, 0.25) is 0 Å². The second-order valence-corrected chi connectivity index (χ2v) is 8.82. The normalized spacial score (nSPS) is 12.1. The number of hydrogen-bond donors (Lipinski definition) is 1. The van der Waals surface area contributed by atoms with Gasteiger partial charge in [0.15, 0.2) is 0 Å². The van der Waals surface area contributed by atoms with E-state index in [0.29, 0.717) is 40.0 Å².